The number of nitrogens with zero attached hydrogens (tertiary/aromatic N) is 1. The van der Waals surface area contributed by atoms with Crippen LogP contribution in [0.1, 0.15) is 59.3 Å². The molecule has 0 atom stereocenters. The van der Waals surface area contributed by atoms with Crippen molar-refractivity contribution in [2.45, 2.75) is 64.9 Å². The Balaban J connectivity index is 1.76. The molecule has 2 fully saturated rings. The summed E-state index contributed by atoms with van der Waals surface area (Å²) in [6.07, 6.45) is 5.08. The van der Waals surface area contributed by atoms with Gasteiger partial charge in [0, 0.05) is 31.0 Å². The van der Waals surface area contributed by atoms with Gasteiger partial charge in [-0.05, 0) is 25.7 Å². The predicted molar refractivity (Wildman–Crippen MR) is 85.2 cm³/mol. The molecule has 2 N–H and O–H groups in total. The van der Waals surface area contributed by atoms with Gasteiger partial charge in [0.15, 0.2) is 0 Å². The quantitative estimate of drug-likeness (QED) is 0.833. The summed E-state index contributed by atoms with van der Waals surface area (Å²) in [4.78, 5) is 26.3. The van der Waals surface area contributed by atoms with Crippen LogP contribution >= 0.6 is 0 Å². The standard InChI is InChI=1S/C17H30N2O3/c1-16(2,3)15(21)19-10-6-13(7-11-19)14(20)18-12-17(22)8-4-5-9-17/h13,22H,4-12H2,1-3H3,(H,18,20). The molecular formula is C17H30N2O3. The van der Waals surface area contributed by atoms with E-state index in [4.69, 9.17) is 0 Å². The SMILES string of the molecule is CC(C)(C)C(=O)N1CCC(C(=O)NCC2(O)CCCC2)CC1. The van der Waals surface area contributed by atoms with E-state index >= 15 is 0 Å². The fourth-order valence-corrected chi connectivity index (χ4v) is 3.42. The average molecular weight is 310 g/mol. The zero-order chi connectivity index (χ0) is 16.4. The van der Waals surface area contributed by atoms with Crippen LogP contribution in [-0.2, 0) is 9.59 Å². The number of rotatable bonds is 3. The van der Waals surface area contributed by atoms with Gasteiger partial charge in [-0.15, -0.1) is 0 Å². The van der Waals surface area contributed by atoms with Crippen LogP contribution in [0, 0.1) is 11.3 Å². The highest BCUT2D eigenvalue weighted by molar-refractivity contribution is 5.82. The van der Waals surface area contributed by atoms with E-state index in [1.165, 1.54) is 0 Å². The number of hydrogen-bond acceptors (Lipinski definition) is 3. The number of hydrogen-bond donors (Lipinski definition) is 2. The number of likely N-dealkylation sites (tertiary alicyclic amines) is 1. The minimum absolute atomic E-state index is 0.0307. The molecule has 1 saturated carbocycles. The van der Waals surface area contributed by atoms with Crippen LogP contribution in [-0.4, -0.2) is 47.1 Å². The summed E-state index contributed by atoms with van der Waals surface area (Å²) >= 11 is 0. The summed E-state index contributed by atoms with van der Waals surface area (Å²) in [5, 5.41) is 13.2. The lowest BCUT2D eigenvalue weighted by Gasteiger charge is -2.35. The van der Waals surface area contributed by atoms with E-state index in [-0.39, 0.29) is 23.1 Å². The summed E-state index contributed by atoms with van der Waals surface area (Å²) in [7, 11) is 0. The van der Waals surface area contributed by atoms with Crippen molar-refractivity contribution in [1.29, 1.82) is 0 Å². The molecule has 126 valence electrons. The minimum Gasteiger partial charge on any atom is -0.388 e. The molecule has 1 heterocycles. The molecule has 0 unspecified atom stereocenters. The lowest BCUT2D eigenvalue weighted by Crippen LogP contribution is -2.48. The Morgan fingerprint density at radius 1 is 1.18 bits per heavy atom. The van der Waals surface area contributed by atoms with Crippen molar-refractivity contribution in [1.82, 2.24) is 10.2 Å². The predicted octanol–water partition coefficient (Wildman–Crippen LogP) is 1.69. The molecular weight excluding hydrogens is 280 g/mol. The molecule has 0 aromatic carbocycles. The summed E-state index contributed by atoms with van der Waals surface area (Å²) in [6, 6.07) is 0. The molecule has 2 amide bonds. The van der Waals surface area contributed by atoms with Gasteiger partial charge in [0.2, 0.25) is 11.8 Å². The van der Waals surface area contributed by atoms with Crippen molar-refractivity contribution < 1.29 is 14.7 Å². The van der Waals surface area contributed by atoms with Gasteiger partial charge in [-0.25, -0.2) is 0 Å². The Morgan fingerprint density at radius 3 is 2.23 bits per heavy atom. The zero-order valence-electron chi connectivity index (χ0n) is 14.2. The molecule has 2 rings (SSSR count). The first-order chi connectivity index (χ1) is 10.2. The highest BCUT2D eigenvalue weighted by atomic mass is 16.3. The first kappa shape index (κ1) is 17.3. The Kier molecular flexibility index (Phi) is 5.15. The van der Waals surface area contributed by atoms with Gasteiger partial charge in [0.25, 0.3) is 0 Å². The zero-order valence-corrected chi connectivity index (χ0v) is 14.2. The second-order valence-corrected chi connectivity index (χ2v) is 7.97. The van der Waals surface area contributed by atoms with E-state index < -0.39 is 5.60 Å². The number of piperidine rings is 1. The van der Waals surface area contributed by atoms with Crippen LogP contribution in [0.25, 0.3) is 0 Å². The third-order valence-electron chi connectivity index (χ3n) is 4.92. The first-order valence-corrected chi connectivity index (χ1v) is 8.51. The summed E-state index contributed by atoms with van der Waals surface area (Å²) in [5.74, 6) is 0.156. The van der Waals surface area contributed by atoms with E-state index in [1.54, 1.807) is 0 Å². The third kappa shape index (κ3) is 4.22. The Bertz CT molecular complexity index is 414. The van der Waals surface area contributed by atoms with Gasteiger partial charge in [-0.1, -0.05) is 33.6 Å². The molecule has 0 radical (unpaired) electrons. The van der Waals surface area contributed by atoms with Crippen molar-refractivity contribution >= 4 is 11.8 Å². The molecule has 5 nitrogen and oxygen atoms in total. The van der Waals surface area contributed by atoms with Crippen molar-refractivity contribution in [3.63, 3.8) is 0 Å². The number of aliphatic hydroxyl groups is 1. The minimum atomic E-state index is -0.696. The van der Waals surface area contributed by atoms with Crippen LogP contribution in [0.3, 0.4) is 0 Å². The monoisotopic (exact) mass is 310 g/mol. The maximum atomic E-state index is 12.2. The molecule has 2 aliphatic rings. The van der Waals surface area contributed by atoms with Crippen molar-refractivity contribution in [2.24, 2.45) is 11.3 Å². The van der Waals surface area contributed by atoms with E-state index in [2.05, 4.69) is 5.32 Å². The molecule has 1 aliphatic carbocycles. The second-order valence-electron chi connectivity index (χ2n) is 7.97. The van der Waals surface area contributed by atoms with E-state index in [9.17, 15) is 14.7 Å². The Hall–Kier alpha value is -1.10. The van der Waals surface area contributed by atoms with Gasteiger partial charge in [-0.2, -0.15) is 0 Å². The molecule has 1 saturated heterocycles. The number of amides is 2. The fraction of sp³-hybridized carbons (Fsp3) is 0.882. The largest absolute Gasteiger partial charge is 0.388 e. The van der Waals surface area contributed by atoms with Crippen molar-refractivity contribution in [3.8, 4) is 0 Å². The first-order valence-electron chi connectivity index (χ1n) is 8.51. The van der Waals surface area contributed by atoms with E-state index in [0.717, 1.165) is 25.7 Å². The number of carbonyl (C=O) groups excluding carboxylic acids is 2. The molecule has 0 spiro atoms. The van der Waals surface area contributed by atoms with Crippen LogP contribution in [0.2, 0.25) is 0 Å². The maximum Gasteiger partial charge on any atom is 0.227 e. The topological polar surface area (TPSA) is 69.6 Å². The Labute approximate surface area is 133 Å². The van der Waals surface area contributed by atoms with E-state index in [0.29, 0.717) is 32.5 Å². The smallest absolute Gasteiger partial charge is 0.227 e. The molecule has 5 heteroatoms. The summed E-state index contributed by atoms with van der Waals surface area (Å²) < 4.78 is 0. The lowest BCUT2D eigenvalue weighted by atomic mass is 9.90. The van der Waals surface area contributed by atoms with Gasteiger partial charge >= 0.3 is 0 Å². The third-order valence-corrected chi connectivity index (χ3v) is 4.92. The van der Waals surface area contributed by atoms with Gasteiger partial charge in [0.05, 0.1) is 5.60 Å². The summed E-state index contributed by atoms with van der Waals surface area (Å²) in [5.41, 5.74) is -1.06. The van der Waals surface area contributed by atoms with Crippen LogP contribution in [0.5, 0.6) is 0 Å². The molecule has 1 aliphatic heterocycles. The van der Waals surface area contributed by atoms with Crippen LogP contribution < -0.4 is 5.32 Å². The van der Waals surface area contributed by atoms with Crippen LogP contribution in [0.15, 0.2) is 0 Å². The second kappa shape index (κ2) is 6.57. The maximum absolute atomic E-state index is 12.2. The van der Waals surface area contributed by atoms with Gasteiger partial charge in [-0.3, -0.25) is 9.59 Å². The van der Waals surface area contributed by atoms with Gasteiger partial charge in [0.1, 0.15) is 0 Å². The lowest BCUT2D eigenvalue weighted by molar-refractivity contribution is -0.142. The normalized spacial score (nSPS) is 22.6. The fourth-order valence-electron chi connectivity index (χ4n) is 3.42. The Morgan fingerprint density at radius 2 is 1.73 bits per heavy atom. The van der Waals surface area contributed by atoms with E-state index in [1.807, 2.05) is 25.7 Å². The van der Waals surface area contributed by atoms with Crippen LogP contribution in [0.4, 0.5) is 0 Å². The summed E-state index contributed by atoms with van der Waals surface area (Å²) in [6.45, 7) is 7.45. The van der Waals surface area contributed by atoms with Crippen molar-refractivity contribution in [2.75, 3.05) is 19.6 Å². The molecule has 22 heavy (non-hydrogen) atoms. The highest BCUT2D eigenvalue weighted by Crippen LogP contribution is 2.29. The van der Waals surface area contributed by atoms with Gasteiger partial charge < -0.3 is 15.3 Å². The average Bonchev–Trinajstić information content (AvgIpc) is 2.90. The number of carbonyl (C=O) groups is 2. The molecule has 0 bridgehead atoms. The van der Waals surface area contributed by atoms with Crippen molar-refractivity contribution in [3.05, 3.63) is 0 Å². The number of nitrogens with one attached hydrogen (secondary N) is 1. The molecule has 0 aromatic heterocycles. The highest BCUT2D eigenvalue weighted by Gasteiger charge is 2.34. The molecule has 0 aromatic rings.